The van der Waals surface area contributed by atoms with Crippen molar-refractivity contribution in [2.45, 2.75) is 38.6 Å². The second-order valence-corrected chi connectivity index (χ2v) is 3.63. The van der Waals surface area contributed by atoms with Gasteiger partial charge in [0.2, 0.25) is 5.91 Å². The van der Waals surface area contributed by atoms with Crippen molar-refractivity contribution in [3.8, 4) is 0 Å². The molecule has 2 unspecified atom stereocenters. The van der Waals surface area contributed by atoms with Gasteiger partial charge in [-0.1, -0.05) is 0 Å². The minimum atomic E-state index is -0.435. The molecule has 0 aromatic carbocycles. The maximum absolute atomic E-state index is 10.9. The Morgan fingerprint density at radius 2 is 1.92 bits per heavy atom. The molecule has 3 nitrogen and oxygen atoms in total. The molecular weight excluding hydrogens is 178 g/mol. The highest BCUT2D eigenvalue weighted by Gasteiger charge is 2.16. The third kappa shape index (κ3) is 5.13. The van der Waals surface area contributed by atoms with Crippen LogP contribution in [0.3, 0.4) is 0 Å². The third-order valence-corrected chi connectivity index (χ3v) is 1.61. The van der Waals surface area contributed by atoms with Crippen molar-refractivity contribution in [1.82, 2.24) is 5.32 Å². The number of amides is 1. The molecule has 0 heterocycles. The Balaban J connectivity index is 4.04. The quantitative estimate of drug-likeness (QED) is 0.677. The van der Waals surface area contributed by atoms with Crippen LogP contribution < -0.4 is 5.32 Å². The average Bonchev–Trinajstić information content (AvgIpc) is 1.83. The lowest BCUT2D eigenvalue weighted by atomic mass is 10.1. The van der Waals surface area contributed by atoms with E-state index in [0.717, 1.165) is 0 Å². The molecule has 2 atom stereocenters. The van der Waals surface area contributed by atoms with Crippen LogP contribution in [0.1, 0.15) is 27.2 Å². The van der Waals surface area contributed by atoms with Crippen molar-refractivity contribution in [3.63, 3.8) is 0 Å². The number of halogens is 1. The molecule has 0 aliphatic rings. The lowest BCUT2D eigenvalue weighted by Gasteiger charge is -2.15. The summed E-state index contributed by atoms with van der Waals surface area (Å²) in [6, 6.07) is -0.435. The number of hydrogen-bond acceptors (Lipinski definition) is 2. The van der Waals surface area contributed by atoms with E-state index in [9.17, 15) is 9.59 Å². The second kappa shape index (κ2) is 5.14. The Morgan fingerprint density at radius 1 is 1.42 bits per heavy atom. The van der Waals surface area contributed by atoms with E-state index < -0.39 is 6.04 Å². The number of rotatable bonds is 4. The predicted molar refractivity (Wildman–Crippen MR) is 48.2 cm³/mol. The van der Waals surface area contributed by atoms with E-state index >= 15 is 0 Å². The zero-order chi connectivity index (χ0) is 9.72. The fourth-order valence-corrected chi connectivity index (χ4v) is 1.07. The highest BCUT2D eigenvalue weighted by atomic mass is 35.5. The van der Waals surface area contributed by atoms with Crippen LogP contribution in [0.4, 0.5) is 0 Å². The summed E-state index contributed by atoms with van der Waals surface area (Å²) in [5, 5.41) is 2.43. The molecule has 0 saturated carbocycles. The molecule has 1 amide bonds. The fourth-order valence-electron chi connectivity index (χ4n) is 0.897. The number of hydrogen-bond donors (Lipinski definition) is 1. The number of carbonyl (C=O) groups is 2. The minimum Gasteiger partial charge on any atom is -0.346 e. The number of ketones is 1. The monoisotopic (exact) mass is 191 g/mol. The van der Waals surface area contributed by atoms with Gasteiger partial charge in [0.15, 0.2) is 5.78 Å². The highest BCUT2D eigenvalue weighted by molar-refractivity contribution is 6.20. The van der Waals surface area contributed by atoms with Gasteiger partial charge in [0.1, 0.15) is 0 Å². The third-order valence-electron chi connectivity index (χ3n) is 1.43. The summed E-state index contributed by atoms with van der Waals surface area (Å²) >= 11 is 5.70. The van der Waals surface area contributed by atoms with Crippen molar-refractivity contribution < 1.29 is 9.59 Å². The summed E-state index contributed by atoms with van der Waals surface area (Å²) in [5.41, 5.74) is 0. The first-order valence-electron chi connectivity index (χ1n) is 3.85. The SMILES string of the molecule is CC(=O)NC(CC(C)Cl)C(C)=O. The van der Waals surface area contributed by atoms with Crippen LogP contribution in [0.15, 0.2) is 0 Å². The van der Waals surface area contributed by atoms with E-state index in [-0.39, 0.29) is 17.1 Å². The van der Waals surface area contributed by atoms with Gasteiger partial charge in [0.05, 0.1) is 6.04 Å². The summed E-state index contributed by atoms with van der Waals surface area (Å²) in [4.78, 5) is 21.6. The van der Waals surface area contributed by atoms with Gasteiger partial charge >= 0.3 is 0 Å². The Morgan fingerprint density at radius 3 is 2.17 bits per heavy atom. The molecule has 0 radical (unpaired) electrons. The van der Waals surface area contributed by atoms with Crippen molar-refractivity contribution in [1.29, 1.82) is 0 Å². The van der Waals surface area contributed by atoms with Crippen molar-refractivity contribution in [3.05, 3.63) is 0 Å². The highest BCUT2D eigenvalue weighted by Crippen LogP contribution is 2.05. The van der Waals surface area contributed by atoms with E-state index in [1.165, 1.54) is 13.8 Å². The Kier molecular flexibility index (Phi) is 4.90. The molecule has 0 bridgehead atoms. The lowest BCUT2D eigenvalue weighted by Crippen LogP contribution is -2.39. The number of alkyl halides is 1. The van der Waals surface area contributed by atoms with Gasteiger partial charge in [0, 0.05) is 12.3 Å². The first-order chi connectivity index (χ1) is 5.43. The van der Waals surface area contributed by atoms with Gasteiger partial charge in [-0.3, -0.25) is 9.59 Å². The normalized spacial score (nSPS) is 15.0. The molecule has 12 heavy (non-hydrogen) atoms. The first kappa shape index (κ1) is 11.4. The summed E-state index contributed by atoms with van der Waals surface area (Å²) < 4.78 is 0. The molecule has 0 aromatic heterocycles. The van der Waals surface area contributed by atoms with Crippen LogP contribution in [-0.4, -0.2) is 23.1 Å². The van der Waals surface area contributed by atoms with Gasteiger partial charge in [-0.05, 0) is 20.3 Å². The number of nitrogens with one attached hydrogen (secondary N) is 1. The molecule has 4 heteroatoms. The summed E-state index contributed by atoms with van der Waals surface area (Å²) in [5.74, 6) is -0.259. The molecule has 0 saturated heterocycles. The maximum Gasteiger partial charge on any atom is 0.217 e. The molecular formula is C8H14ClNO2. The smallest absolute Gasteiger partial charge is 0.217 e. The summed E-state index contributed by atoms with van der Waals surface area (Å²) in [6.45, 7) is 4.62. The summed E-state index contributed by atoms with van der Waals surface area (Å²) in [7, 11) is 0. The molecule has 0 aliphatic heterocycles. The molecule has 0 spiro atoms. The topological polar surface area (TPSA) is 46.2 Å². The molecule has 1 N–H and O–H groups in total. The van der Waals surface area contributed by atoms with Crippen LogP contribution >= 0.6 is 11.6 Å². The van der Waals surface area contributed by atoms with E-state index in [2.05, 4.69) is 5.32 Å². The Labute approximate surface area is 77.5 Å². The Bertz CT molecular complexity index is 180. The van der Waals surface area contributed by atoms with Crippen LogP contribution in [0.2, 0.25) is 0 Å². The second-order valence-electron chi connectivity index (χ2n) is 2.88. The van der Waals surface area contributed by atoms with Gasteiger partial charge in [0.25, 0.3) is 0 Å². The molecule has 70 valence electrons. The Hall–Kier alpha value is -0.570. The van der Waals surface area contributed by atoms with Gasteiger partial charge in [-0.25, -0.2) is 0 Å². The number of carbonyl (C=O) groups excluding carboxylic acids is 2. The van der Waals surface area contributed by atoms with E-state index in [0.29, 0.717) is 6.42 Å². The molecule has 0 aromatic rings. The van der Waals surface area contributed by atoms with Crippen LogP contribution in [0.25, 0.3) is 0 Å². The lowest BCUT2D eigenvalue weighted by molar-refractivity contribution is -0.125. The number of Topliss-reactive ketones (excluding diaryl/α,β-unsaturated/α-hetero) is 1. The van der Waals surface area contributed by atoms with Crippen molar-refractivity contribution in [2.24, 2.45) is 0 Å². The van der Waals surface area contributed by atoms with Crippen LogP contribution in [0.5, 0.6) is 0 Å². The largest absolute Gasteiger partial charge is 0.346 e. The first-order valence-corrected chi connectivity index (χ1v) is 4.28. The van der Waals surface area contributed by atoms with Crippen molar-refractivity contribution >= 4 is 23.3 Å². The van der Waals surface area contributed by atoms with E-state index in [4.69, 9.17) is 11.6 Å². The average molecular weight is 192 g/mol. The standard InChI is InChI=1S/C8H14ClNO2/c1-5(9)4-8(6(2)11)10-7(3)12/h5,8H,4H2,1-3H3,(H,10,12). The molecule has 0 rings (SSSR count). The van der Waals surface area contributed by atoms with E-state index in [1.54, 1.807) is 6.92 Å². The zero-order valence-electron chi connectivity index (χ0n) is 7.56. The zero-order valence-corrected chi connectivity index (χ0v) is 8.31. The van der Waals surface area contributed by atoms with Crippen LogP contribution in [0, 0.1) is 0 Å². The maximum atomic E-state index is 10.9. The molecule has 0 fully saturated rings. The minimum absolute atomic E-state index is 0.0577. The molecule has 0 aliphatic carbocycles. The predicted octanol–water partition coefficient (Wildman–Crippen LogP) is 1.10. The fraction of sp³-hybridized carbons (Fsp3) is 0.750. The van der Waals surface area contributed by atoms with Gasteiger partial charge in [-0.15, -0.1) is 11.6 Å². The summed E-state index contributed by atoms with van der Waals surface area (Å²) in [6.07, 6.45) is 0.483. The van der Waals surface area contributed by atoms with Gasteiger partial charge < -0.3 is 5.32 Å². The van der Waals surface area contributed by atoms with Crippen molar-refractivity contribution in [2.75, 3.05) is 0 Å². The van der Waals surface area contributed by atoms with E-state index in [1.807, 2.05) is 0 Å². The van der Waals surface area contributed by atoms with Crippen LogP contribution in [-0.2, 0) is 9.59 Å². The van der Waals surface area contributed by atoms with Gasteiger partial charge in [-0.2, -0.15) is 0 Å².